The molecule has 4 rings (SSSR count). The van der Waals surface area contributed by atoms with Gasteiger partial charge >= 0.3 is 0 Å². The second-order valence-electron chi connectivity index (χ2n) is 5.62. The standard InChI is InChI=1S/C16H15ClN2/c17-14-9-18-8-5-15(14)19-10-12-3-1-2-4-13(12)16(11-19)6-7-16/h1-5,8-9H,6-7,10-11H2. The lowest BCUT2D eigenvalue weighted by Gasteiger charge is -2.37. The van der Waals surface area contributed by atoms with E-state index in [2.05, 4.69) is 34.1 Å². The molecule has 19 heavy (non-hydrogen) atoms. The summed E-state index contributed by atoms with van der Waals surface area (Å²) in [5, 5.41) is 0.748. The highest BCUT2D eigenvalue weighted by Crippen LogP contribution is 2.53. The number of fused-ring (bicyclic) bond motifs is 2. The van der Waals surface area contributed by atoms with E-state index in [9.17, 15) is 0 Å². The fraction of sp³-hybridized carbons (Fsp3) is 0.312. The summed E-state index contributed by atoms with van der Waals surface area (Å²) < 4.78 is 0. The normalized spacial score (nSPS) is 19.3. The van der Waals surface area contributed by atoms with Crippen LogP contribution in [0.5, 0.6) is 0 Å². The average molecular weight is 271 g/mol. The van der Waals surface area contributed by atoms with Crippen LogP contribution in [0.15, 0.2) is 42.7 Å². The van der Waals surface area contributed by atoms with Gasteiger partial charge in [0.15, 0.2) is 0 Å². The number of pyridine rings is 1. The molecule has 1 saturated carbocycles. The van der Waals surface area contributed by atoms with Gasteiger partial charge in [0.1, 0.15) is 0 Å². The highest BCUT2D eigenvalue weighted by Gasteiger charge is 2.49. The van der Waals surface area contributed by atoms with Crippen LogP contribution in [0.1, 0.15) is 24.0 Å². The zero-order valence-electron chi connectivity index (χ0n) is 10.6. The minimum Gasteiger partial charge on any atom is -0.365 e. The molecule has 0 N–H and O–H groups in total. The lowest BCUT2D eigenvalue weighted by atomic mass is 9.87. The third kappa shape index (κ3) is 1.74. The van der Waals surface area contributed by atoms with Gasteiger partial charge in [0, 0.05) is 30.9 Å². The van der Waals surface area contributed by atoms with Crippen molar-refractivity contribution in [2.24, 2.45) is 0 Å². The second kappa shape index (κ2) is 3.97. The van der Waals surface area contributed by atoms with Crippen molar-refractivity contribution >= 4 is 17.3 Å². The Morgan fingerprint density at radius 3 is 2.79 bits per heavy atom. The van der Waals surface area contributed by atoms with E-state index in [1.54, 1.807) is 11.8 Å². The van der Waals surface area contributed by atoms with Crippen LogP contribution in [0.4, 0.5) is 5.69 Å². The van der Waals surface area contributed by atoms with Crippen LogP contribution in [0.3, 0.4) is 0 Å². The minimum absolute atomic E-state index is 0.376. The summed E-state index contributed by atoms with van der Waals surface area (Å²) in [7, 11) is 0. The number of nitrogens with zero attached hydrogens (tertiary/aromatic N) is 2. The van der Waals surface area contributed by atoms with Crippen LogP contribution >= 0.6 is 11.6 Å². The van der Waals surface area contributed by atoms with Gasteiger partial charge in [-0.25, -0.2) is 0 Å². The third-order valence-corrected chi connectivity index (χ3v) is 4.68. The molecule has 0 atom stereocenters. The number of halogens is 1. The molecule has 0 radical (unpaired) electrons. The van der Waals surface area contributed by atoms with Gasteiger partial charge in [-0.3, -0.25) is 4.98 Å². The van der Waals surface area contributed by atoms with Crippen LogP contribution in [-0.4, -0.2) is 11.5 Å². The van der Waals surface area contributed by atoms with Crippen molar-refractivity contribution in [3.63, 3.8) is 0 Å². The van der Waals surface area contributed by atoms with E-state index < -0.39 is 0 Å². The van der Waals surface area contributed by atoms with Gasteiger partial charge < -0.3 is 4.90 Å². The Hall–Kier alpha value is -1.54. The molecule has 2 nitrogen and oxygen atoms in total. The summed E-state index contributed by atoms with van der Waals surface area (Å²) >= 11 is 6.29. The number of benzene rings is 1. The van der Waals surface area contributed by atoms with Gasteiger partial charge in [-0.15, -0.1) is 0 Å². The molecule has 0 amide bonds. The number of hydrogen-bond acceptors (Lipinski definition) is 2. The summed E-state index contributed by atoms with van der Waals surface area (Å²) in [6.07, 6.45) is 6.14. The molecule has 0 saturated heterocycles. The van der Waals surface area contributed by atoms with E-state index >= 15 is 0 Å². The SMILES string of the molecule is Clc1cnccc1N1Cc2ccccc2C2(CC2)C1. The first-order valence-electron chi connectivity index (χ1n) is 6.71. The molecule has 1 aromatic carbocycles. The molecule has 3 heteroatoms. The lowest BCUT2D eigenvalue weighted by molar-refractivity contribution is 0.593. The van der Waals surface area contributed by atoms with Crippen molar-refractivity contribution in [2.45, 2.75) is 24.8 Å². The molecule has 1 aliphatic heterocycles. The Morgan fingerprint density at radius 2 is 2.00 bits per heavy atom. The van der Waals surface area contributed by atoms with Crippen molar-refractivity contribution in [1.29, 1.82) is 0 Å². The van der Waals surface area contributed by atoms with Crippen LogP contribution in [-0.2, 0) is 12.0 Å². The highest BCUT2D eigenvalue weighted by molar-refractivity contribution is 6.33. The fourth-order valence-electron chi connectivity index (χ4n) is 3.26. The van der Waals surface area contributed by atoms with Gasteiger partial charge in [0.25, 0.3) is 0 Å². The van der Waals surface area contributed by atoms with E-state index in [1.807, 2.05) is 12.3 Å². The van der Waals surface area contributed by atoms with Crippen LogP contribution < -0.4 is 4.90 Å². The first kappa shape index (κ1) is 11.3. The number of hydrogen-bond donors (Lipinski definition) is 0. The summed E-state index contributed by atoms with van der Waals surface area (Å²) in [6, 6.07) is 10.9. The first-order chi connectivity index (χ1) is 9.28. The minimum atomic E-state index is 0.376. The van der Waals surface area contributed by atoms with Gasteiger partial charge in [-0.1, -0.05) is 35.9 Å². The largest absolute Gasteiger partial charge is 0.365 e. The molecular weight excluding hydrogens is 256 g/mol. The van der Waals surface area contributed by atoms with Crippen LogP contribution in [0.2, 0.25) is 5.02 Å². The highest BCUT2D eigenvalue weighted by atomic mass is 35.5. The number of rotatable bonds is 1. The van der Waals surface area contributed by atoms with E-state index in [-0.39, 0.29) is 0 Å². The molecule has 2 aromatic rings. The number of aromatic nitrogens is 1. The first-order valence-corrected chi connectivity index (χ1v) is 7.09. The summed E-state index contributed by atoms with van der Waals surface area (Å²) in [5.41, 5.74) is 4.48. The maximum atomic E-state index is 6.29. The molecule has 0 bridgehead atoms. The number of anilines is 1. The predicted octanol–water partition coefficient (Wildman–Crippen LogP) is 3.79. The molecule has 1 fully saturated rings. The second-order valence-corrected chi connectivity index (χ2v) is 6.03. The Balaban J connectivity index is 1.78. The maximum absolute atomic E-state index is 6.29. The van der Waals surface area contributed by atoms with Crippen LogP contribution in [0.25, 0.3) is 0 Å². The van der Waals surface area contributed by atoms with E-state index in [0.717, 1.165) is 23.8 Å². The summed E-state index contributed by atoms with van der Waals surface area (Å²) in [6.45, 7) is 2.02. The van der Waals surface area contributed by atoms with Crippen molar-refractivity contribution in [2.75, 3.05) is 11.4 Å². The molecule has 0 unspecified atom stereocenters. The lowest BCUT2D eigenvalue weighted by Crippen LogP contribution is -2.38. The van der Waals surface area contributed by atoms with E-state index in [0.29, 0.717) is 5.41 Å². The molecule has 1 aromatic heterocycles. The fourth-order valence-corrected chi connectivity index (χ4v) is 3.50. The zero-order chi connectivity index (χ0) is 12.9. The molecule has 96 valence electrons. The van der Waals surface area contributed by atoms with Gasteiger partial charge in [-0.2, -0.15) is 0 Å². The third-order valence-electron chi connectivity index (χ3n) is 4.39. The molecule has 2 aliphatic rings. The van der Waals surface area contributed by atoms with Crippen molar-refractivity contribution < 1.29 is 0 Å². The molecule has 2 heterocycles. The van der Waals surface area contributed by atoms with Gasteiger partial charge in [0.05, 0.1) is 10.7 Å². The van der Waals surface area contributed by atoms with Gasteiger partial charge in [0.2, 0.25) is 0 Å². The van der Waals surface area contributed by atoms with E-state index in [1.165, 1.54) is 18.4 Å². The van der Waals surface area contributed by atoms with Crippen molar-refractivity contribution in [1.82, 2.24) is 4.98 Å². The van der Waals surface area contributed by atoms with Crippen molar-refractivity contribution in [3.8, 4) is 0 Å². The topological polar surface area (TPSA) is 16.1 Å². The maximum Gasteiger partial charge on any atom is 0.0822 e. The Kier molecular flexibility index (Phi) is 2.36. The molecule has 1 spiro atoms. The molecule has 1 aliphatic carbocycles. The molecular formula is C16H15ClN2. The summed E-state index contributed by atoms with van der Waals surface area (Å²) in [5.74, 6) is 0. The van der Waals surface area contributed by atoms with Gasteiger partial charge in [-0.05, 0) is 30.0 Å². The summed E-state index contributed by atoms with van der Waals surface area (Å²) in [4.78, 5) is 6.48. The van der Waals surface area contributed by atoms with Crippen LogP contribution in [0, 0.1) is 0 Å². The predicted molar refractivity (Wildman–Crippen MR) is 77.7 cm³/mol. The smallest absolute Gasteiger partial charge is 0.0822 e. The Bertz CT molecular complexity index is 634. The van der Waals surface area contributed by atoms with E-state index in [4.69, 9.17) is 11.6 Å². The monoisotopic (exact) mass is 270 g/mol. The Morgan fingerprint density at radius 1 is 1.16 bits per heavy atom. The van der Waals surface area contributed by atoms with Crippen molar-refractivity contribution in [3.05, 3.63) is 58.9 Å². The quantitative estimate of drug-likeness (QED) is 0.784. The average Bonchev–Trinajstić information content (AvgIpc) is 3.19. The Labute approximate surface area is 118 Å². The zero-order valence-corrected chi connectivity index (χ0v) is 11.4.